The summed E-state index contributed by atoms with van der Waals surface area (Å²) in [5.41, 5.74) is 1.72. The van der Waals surface area contributed by atoms with E-state index in [9.17, 15) is 5.11 Å². The van der Waals surface area contributed by atoms with Gasteiger partial charge in [-0.2, -0.15) is 14.6 Å². The standard InChI is InChI=1S/C14H15N5O/c1-10-7-13(19-14(18-10)16-9-17-19)15-8-12(20)11-5-3-2-4-6-11/h2-7,9,12,15,20H,8H2,1H3. The van der Waals surface area contributed by atoms with E-state index in [1.54, 1.807) is 4.52 Å². The van der Waals surface area contributed by atoms with Crippen molar-refractivity contribution in [2.24, 2.45) is 0 Å². The Bertz CT molecular complexity index is 710. The van der Waals surface area contributed by atoms with Gasteiger partial charge in [0.1, 0.15) is 12.1 Å². The van der Waals surface area contributed by atoms with Gasteiger partial charge in [0.2, 0.25) is 0 Å². The first-order valence-electron chi connectivity index (χ1n) is 6.38. The summed E-state index contributed by atoms with van der Waals surface area (Å²) in [6.45, 7) is 2.29. The van der Waals surface area contributed by atoms with Gasteiger partial charge in [0.15, 0.2) is 0 Å². The van der Waals surface area contributed by atoms with Gasteiger partial charge in [-0.1, -0.05) is 30.3 Å². The van der Waals surface area contributed by atoms with Crippen molar-refractivity contribution in [3.63, 3.8) is 0 Å². The number of hydrogen-bond donors (Lipinski definition) is 2. The topological polar surface area (TPSA) is 75.3 Å². The van der Waals surface area contributed by atoms with Crippen LogP contribution < -0.4 is 5.32 Å². The molecule has 0 fully saturated rings. The van der Waals surface area contributed by atoms with E-state index in [1.807, 2.05) is 43.3 Å². The maximum absolute atomic E-state index is 10.2. The number of nitrogens with one attached hydrogen (secondary N) is 1. The molecule has 1 aromatic carbocycles. The Labute approximate surface area is 116 Å². The van der Waals surface area contributed by atoms with Crippen LogP contribution in [0.15, 0.2) is 42.7 Å². The molecule has 6 heteroatoms. The Morgan fingerprint density at radius 1 is 1.30 bits per heavy atom. The minimum Gasteiger partial charge on any atom is -0.387 e. The summed E-state index contributed by atoms with van der Waals surface area (Å²) in [4.78, 5) is 8.33. The molecule has 2 N–H and O–H groups in total. The van der Waals surface area contributed by atoms with Crippen LogP contribution in [-0.4, -0.2) is 31.2 Å². The number of hydrogen-bond acceptors (Lipinski definition) is 5. The van der Waals surface area contributed by atoms with Gasteiger partial charge in [0.25, 0.3) is 5.78 Å². The molecule has 0 aliphatic heterocycles. The van der Waals surface area contributed by atoms with E-state index in [2.05, 4.69) is 20.4 Å². The third kappa shape index (κ3) is 2.46. The van der Waals surface area contributed by atoms with Crippen molar-refractivity contribution in [2.45, 2.75) is 13.0 Å². The molecule has 2 heterocycles. The maximum atomic E-state index is 10.2. The zero-order chi connectivity index (χ0) is 13.9. The second-order valence-corrected chi connectivity index (χ2v) is 4.56. The second-order valence-electron chi connectivity index (χ2n) is 4.56. The molecule has 0 amide bonds. The Morgan fingerprint density at radius 3 is 2.90 bits per heavy atom. The fourth-order valence-corrected chi connectivity index (χ4v) is 2.05. The van der Waals surface area contributed by atoms with Gasteiger partial charge in [-0.3, -0.25) is 0 Å². The van der Waals surface area contributed by atoms with Crippen LogP contribution in [0.5, 0.6) is 0 Å². The lowest BCUT2D eigenvalue weighted by Crippen LogP contribution is -2.15. The highest BCUT2D eigenvalue weighted by atomic mass is 16.3. The third-order valence-corrected chi connectivity index (χ3v) is 3.04. The number of nitrogens with zero attached hydrogens (tertiary/aromatic N) is 4. The molecule has 1 unspecified atom stereocenters. The molecule has 0 saturated carbocycles. The van der Waals surface area contributed by atoms with Crippen molar-refractivity contribution in [2.75, 3.05) is 11.9 Å². The van der Waals surface area contributed by atoms with Crippen molar-refractivity contribution < 1.29 is 5.11 Å². The summed E-state index contributed by atoms with van der Waals surface area (Å²) in [6, 6.07) is 11.4. The number of anilines is 1. The molecule has 0 spiro atoms. The molecule has 0 radical (unpaired) electrons. The van der Waals surface area contributed by atoms with Crippen LogP contribution in [0.4, 0.5) is 5.82 Å². The Hall–Kier alpha value is -2.47. The largest absolute Gasteiger partial charge is 0.387 e. The monoisotopic (exact) mass is 269 g/mol. The second kappa shape index (κ2) is 5.26. The SMILES string of the molecule is Cc1cc(NCC(O)c2ccccc2)n2ncnc2n1. The molecule has 0 bridgehead atoms. The first kappa shape index (κ1) is 12.6. The van der Waals surface area contributed by atoms with Crippen LogP contribution in [0.25, 0.3) is 5.78 Å². The normalized spacial score (nSPS) is 12.5. The number of rotatable bonds is 4. The first-order chi connectivity index (χ1) is 9.74. The quantitative estimate of drug-likeness (QED) is 0.752. The molecule has 0 aliphatic rings. The van der Waals surface area contributed by atoms with E-state index >= 15 is 0 Å². The Balaban J connectivity index is 1.78. The maximum Gasteiger partial charge on any atom is 0.254 e. The van der Waals surface area contributed by atoms with Crippen molar-refractivity contribution in [1.82, 2.24) is 19.6 Å². The number of benzene rings is 1. The summed E-state index contributed by atoms with van der Waals surface area (Å²) in [6.07, 6.45) is 0.879. The molecule has 3 rings (SSSR count). The van der Waals surface area contributed by atoms with Gasteiger partial charge in [0.05, 0.1) is 6.10 Å². The molecular formula is C14H15N5O. The van der Waals surface area contributed by atoms with Crippen molar-refractivity contribution in [3.05, 3.63) is 54.0 Å². The third-order valence-electron chi connectivity index (χ3n) is 3.04. The molecule has 1 atom stereocenters. The summed E-state index contributed by atoms with van der Waals surface area (Å²) in [5.74, 6) is 1.31. The van der Waals surface area contributed by atoms with Gasteiger partial charge in [-0.25, -0.2) is 4.98 Å². The Morgan fingerprint density at radius 2 is 2.10 bits per heavy atom. The fraction of sp³-hybridized carbons (Fsp3) is 0.214. The number of aliphatic hydroxyl groups is 1. The molecule has 20 heavy (non-hydrogen) atoms. The van der Waals surface area contributed by atoms with E-state index in [-0.39, 0.29) is 0 Å². The Kier molecular flexibility index (Phi) is 3.30. The summed E-state index contributed by atoms with van der Waals surface area (Å²) >= 11 is 0. The lowest BCUT2D eigenvalue weighted by Gasteiger charge is -2.13. The smallest absolute Gasteiger partial charge is 0.254 e. The summed E-state index contributed by atoms with van der Waals surface area (Å²) in [5, 5.41) is 17.4. The molecule has 0 aliphatic carbocycles. The first-order valence-corrected chi connectivity index (χ1v) is 6.38. The highest BCUT2D eigenvalue weighted by Gasteiger charge is 2.09. The van der Waals surface area contributed by atoms with E-state index in [4.69, 9.17) is 0 Å². The van der Waals surface area contributed by atoms with Gasteiger partial charge in [0, 0.05) is 18.3 Å². The van der Waals surface area contributed by atoms with Gasteiger partial charge in [-0.05, 0) is 12.5 Å². The van der Waals surface area contributed by atoms with Crippen molar-refractivity contribution >= 4 is 11.6 Å². The number of aryl methyl sites for hydroxylation is 1. The summed E-state index contributed by atoms with van der Waals surface area (Å²) < 4.78 is 1.62. The molecule has 3 aromatic rings. The summed E-state index contributed by atoms with van der Waals surface area (Å²) in [7, 11) is 0. The predicted octanol–water partition coefficient (Wildman–Crippen LogP) is 1.58. The zero-order valence-corrected chi connectivity index (χ0v) is 11.1. The van der Waals surface area contributed by atoms with Crippen molar-refractivity contribution in [1.29, 1.82) is 0 Å². The lowest BCUT2D eigenvalue weighted by molar-refractivity contribution is 0.191. The lowest BCUT2D eigenvalue weighted by atomic mass is 10.1. The molecule has 0 saturated heterocycles. The van der Waals surface area contributed by atoms with Crippen LogP contribution in [0.1, 0.15) is 17.4 Å². The molecule has 6 nitrogen and oxygen atoms in total. The molecule has 2 aromatic heterocycles. The average Bonchev–Trinajstić information content (AvgIpc) is 2.93. The highest BCUT2D eigenvalue weighted by Crippen LogP contribution is 2.15. The van der Waals surface area contributed by atoms with Crippen molar-refractivity contribution in [3.8, 4) is 0 Å². The highest BCUT2D eigenvalue weighted by molar-refractivity contribution is 5.44. The predicted molar refractivity (Wildman–Crippen MR) is 75.4 cm³/mol. The van der Waals surface area contributed by atoms with Crippen LogP contribution in [0.2, 0.25) is 0 Å². The minimum atomic E-state index is -0.580. The van der Waals surface area contributed by atoms with Crippen LogP contribution in [0.3, 0.4) is 0 Å². The zero-order valence-electron chi connectivity index (χ0n) is 11.1. The van der Waals surface area contributed by atoms with Gasteiger partial charge < -0.3 is 10.4 Å². The number of fused-ring (bicyclic) bond motifs is 1. The van der Waals surface area contributed by atoms with Gasteiger partial charge >= 0.3 is 0 Å². The minimum absolute atomic E-state index is 0.391. The van der Waals surface area contributed by atoms with Crippen LogP contribution >= 0.6 is 0 Å². The molecular weight excluding hydrogens is 254 g/mol. The fourth-order valence-electron chi connectivity index (χ4n) is 2.05. The molecule has 102 valence electrons. The van der Waals surface area contributed by atoms with Gasteiger partial charge in [-0.15, -0.1) is 0 Å². The van der Waals surface area contributed by atoms with Crippen LogP contribution in [-0.2, 0) is 0 Å². The van der Waals surface area contributed by atoms with Crippen LogP contribution in [0, 0.1) is 6.92 Å². The van der Waals surface area contributed by atoms with E-state index in [0.717, 1.165) is 17.1 Å². The number of aliphatic hydroxyl groups excluding tert-OH is 1. The average molecular weight is 269 g/mol. The van der Waals surface area contributed by atoms with E-state index in [0.29, 0.717) is 12.3 Å². The number of aromatic nitrogens is 4. The van der Waals surface area contributed by atoms with E-state index in [1.165, 1.54) is 6.33 Å². The van der Waals surface area contributed by atoms with E-state index < -0.39 is 6.10 Å².